The van der Waals surface area contributed by atoms with Crippen molar-refractivity contribution in [1.29, 1.82) is 5.26 Å². The summed E-state index contributed by atoms with van der Waals surface area (Å²) in [6, 6.07) is 5.84. The number of aromatic nitrogens is 1. The summed E-state index contributed by atoms with van der Waals surface area (Å²) in [5, 5.41) is 9.09. The molecule has 0 unspecified atom stereocenters. The molecule has 0 bridgehead atoms. The molecular formula is C12H16N2O. The van der Waals surface area contributed by atoms with Crippen LogP contribution in [0.4, 0.5) is 0 Å². The van der Waals surface area contributed by atoms with Crippen molar-refractivity contribution in [2.75, 3.05) is 0 Å². The summed E-state index contributed by atoms with van der Waals surface area (Å²) in [5.41, 5.74) is -0.582. The quantitative estimate of drug-likeness (QED) is 0.759. The highest BCUT2D eigenvalue weighted by Gasteiger charge is 2.31. The Kier molecular flexibility index (Phi) is 3.31. The molecule has 0 aliphatic rings. The standard InChI is InChI=1S/C12H16N2O/c1-10(2)12(3,9-13)8-11(15)14-6-4-5-7-14/h4-7,10H,8H2,1-3H3/t12-/m0/s1. The van der Waals surface area contributed by atoms with Gasteiger partial charge >= 0.3 is 0 Å². The van der Waals surface area contributed by atoms with E-state index in [9.17, 15) is 4.79 Å². The maximum Gasteiger partial charge on any atom is 0.232 e. The average molecular weight is 204 g/mol. The van der Waals surface area contributed by atoms with Gasteiger partial charge in [-0.3, -0.25) is 9.36 Å². The van der Waals surface area contributed by atoms with Crippen LogP contribution in [0.1, 0.15) is 32.0 Å². The molecule has 0 radical (unpaired) electrons. The van der Waals surface area contributed by atoms with Gasteiger partial charge in [0.25, 0.3) is 0 Å². The van der Waals surface area contributed by atoms with Crippen molar-refractivity contribution in [2.24, 2.45) is 11.3 Å². The van der Waals surface area contributed by atoms with Crippen molar-refractivity contribution in [1.82, 2.24) is 4.57 Å². The van der Waals surface area contributed by atoms with Crippen LogP contribution in [0.15, 0.2) is 24.5 Å². The van der Waals surface area contributed by atoms with Crippen molar-refractivity contribution in [2.45, 2.75) is 27.2 Å². The number of nitrogens with zero attached hydrogens (tertiary/aromatic N) is 2. The van der Waals surface area contributed by atoms with Crippen LogP contribution in [0.25, 0.3) is 0 Å². The lowest BCUT2D eigenvalue weighted by Gasteiger charge is -2.24. The fourth-order valence-corrected chi connectivity index (χ4v) is 1.28. The Hall–Kier alpha value is -1.56. The van der Waals surface area contributed by atoms with Crippen molar-refractivity contribution < 1.29 is 4.79 Å². The van der Waals surface area contributed by atoms with Gasteiger partial charge in [0.1, 0.15) is 0 Å². The summed E-state index contributed by atoms with van der Waals surface area (Å²) in [6.45, 7) is 5.76. The summed E-state index contributed by atoms with van der Waals surface area (Å²) < 4.78 is 1.53. The zero-order valence-electron chi connectivity index (χ0n) is 9.40. The zero-order chi connectivity index (χ0) is 11.5. The molecule has 15 heavy (non-hydrogen) atoms. The van der Waals surface area contributed by atoms with Gasteiger partial charge in [-0.2, -0.15) is 5.26 Å². The highest BCUT2D eigenvalue weighted by Crippen LogP contribution is 2.30. The molecular weight excluding hydrogens is 188 g/mol. The van der Waals surface area contributed by atoms with E-state index in [0.29, 0.717) is 0 Å². The lowest BCUT2D eigenvalue weighted by atomic mass is 9.77. The smallest absolute Gasteiger partial charge is 0.232 e. The lowest BCUT2D eigenvalue weighted by molar-refractivity contribution is 0.0841. The van der Waals surface area contributed by atoms with Gasteiger partial charge in [-0.25, -0.2) is 0 Å². The highest BCUT2D eigenvalue weighted by molar-refractivity contribution is 5.79. The minimum absolute atomic E-state index is 0.0299. The van der Waals surface area contributed by atoms with Gasteiger partial charge < -0.3 is 0 Å². The Morgan fingerprint density at radius 2 is 2.00 bits per heavy atom. The molecule has 1 atom stereocenters. The molecule has 0 amide bonds. The molecule has 1 aromatic heterocycles. The Morgan fingerprint density at radius 1 is 1.47 bits per heavy atom. The summed E-state index contributed by atoms with van der Waals surface area (Å²) in [5.74, 6) is 0.139. The molecule has 1 rings (SSSR count). The normalized spacial score (nSPS) is 14.6. The van der Waals surface area contributed by atoms with Crippen LogP contribution in [0.5, 0.6) is 0 Å². The summed E-state index contributed by atoms with van der Waals surface area (Å²) in [6.07, 6.45) is 3.68. The molecule has 0 aliphatic heterocycles. The van der Waals surface area contributed by atoms with Crippen LogP contribution in [-0.4, -0.2) is 10.5 Å². The van der Waals surface area contributed by atoms with Crippen molar-refractivity contribution in [3.05, 3.63) is 24.5 Å². The van der Waals surface area contributed by atoms with Crippen LogP contribution in [-0.2, 0) is 0 Å². The third kappa shape index (κ3) is 2.47. The van der Waals surface area contributed by atoms with Gasteiger partial charge in [0.2, 0.25) is 5.91 Å². The van der Waals surface area contributed by atoms with Crippen molar-refractivity contribution in [3.8, 4) is 6.07 Å². The average Bonchev–Trinajstić information content (AvgIpc) is 2.70. The third-order valence-corrected chi connectivity index (χ3v) is 2.94. The second-order valence-electron chi connectivity index (χ2n) is 4.34. The maximum absolute atomic E-state index is 11.8. The fraction of sp³-hybridized carbons (Fsp3) is 0.500. The third-order valence-electron chi connectivity index (χ3n) is 2.94. The van der Waals surface area contributed by atoms with Gasteiger partial charge in [0, 0.05) is 18.8 Å². The van der Waals surface area contributed by atoms with E-state index in [0.717, 1.165) is 0 Å². The molecule has 1 aromatic rings. The number of hydrogen-bond acceptors (Lipinski definition) is 2. The van der Waals surface area contributed by atoms with Gasteiger partial charge in [0.15, 0.2) is 0 Å². The van der Waals surface area contributed by atoms with Crippen LogP contribution < -0.4 is 0 Å². The summed E-state index contributed by atoms with van der Waals surface area (Å²) in [4.78, 5) is 11.8. The van der Waals surface area contributed by atoms with E-state index in [1.54, 1.807) is 24.5 Å². The number of rotatable bonds is 3. The molecule has 0 N–H and O–H groups in total. The SMILES string of the molecule is CC(C)[C@](C)(C#N)CC(=O)n1cccc1. The predicted molar refractivity (Wildman–Crippen MR) is 58.2 cm³/mol. The topological polar surface area (TPSA) is 45.8 Å². The summed E-state index contributed by atoms with van der Waals surface area (Å²) >= 11 is 0. The van der Waals surface area contributed by atoms with Crippen molar-refractivity contribution in [3.63, 3.8) is 0 Å². The first kappa shape index (κ1) is 11.5. The van der Waals surface area contributed by atoms with Gasteiger partial charge in [-0.05, 0) is 25.0 Å². The molecule has 0 saturated carbocycles. The first-order chi connectivity index (χ1) is 6.99. The maximum atomic E-state index is 11.8. The molecule has 0 fully saturated rings. The van der Waals surface area contributed by atoms with Crippen LogP contribution in [0.3, 0.4) is 0 Å². The molecule has 3 heteroatoms. The Bertz CT molecular complexity index is 373. The minimum Gasteiger partial charge on any atom is -0.295 e. The van der Waals surface area contributed by atoms with E-state index in [-0.39, 0.29) is 18.2 Å². The monoisotopic (exact) mass is 204 g/mol. The number of carbonyl (C=O) groups excluding carboxylic acids is 1. The molecule has 0 saturated heterocycles. The molecule has 0 aromatic carbocycles. The second kappa shape index (κ2) is 4.31. The van der Waals surface area contributed by atoms with E-state index in [2.05, 4.69) is 6.07 Å². The van der Waals surface area contributed by atoms with E-state index in [1.807, 2.05) is 20.8 Å². The van der Waals surface area contributed by atoms with Gasteiger partial charge in [-0.15, -0.1) is 0 Å². The molecule has 1 heterocycles. The minimum atomic E-state index is -0.582. The van der Waals surface area contributed by atoms with Crippen LogP contribution in [0, 0.1) is 22.7 Å². The Labute approximate surface area is 90.3 Å². The van der Waals surface area contributed by atoms with Crippen LogP contribution in [0.2, 0.25) is 0 Å². The fourth-order valence-electron chi connectivity index (χ4n) is 1.28. The van der Waals surface area contributed by atoms with Crippen LogP contribution >= 0.6 is 0 Å². The molecule has 0 aliphatic carbocycles. The first-order valence-corrected chi connectivity index (χ1v) is 5.07. The molecule has 3 nitrogen and oxygen atoms in total. The van der Waals surface area contributed by atoms with E-state index < -0.39 is 5.41 Å². The highest BCUT2D eigenvalue weighted by atomic mass is 16.2. The second-order valence-corrected chi connectivity index (χ2v) is 4.34. The largest absolute Gasteiger partial charge is 0.295 e. The van der Waals surface area contributed by atoms with E-state index >= 15 is 0 Å². The van der Waals surface area contributed by atoms with Crippen molar-refractivity contribution >= 4 is 5.91 Å². The number of hydrogen-bond donors (Lipinski definition) is 0. The Balaban J connectivity index is 2.78. The van der Waals surface area contributed by atoms with Gasteiger partial charge in [0.05, 0.1) is 11.5 Å². The lowest BCUT2D eigenvalue weighted by Crippen LogP contribution is -2.27. The zero-order valence-corrected chi connectivity index (χ0v) is 9.40. The predicted octanol–water partition coefficient (Wildman–Crippen LogP) is 2.70. The number of nitriles is 1. The Morgan fingerprint density at radius 3 is 2.40 bits per heavy atom. The van der Waals surface area contributed by atoms with Gasteiger partial charge in [-0.1, -0.05) is 13.8 Å². The van der Waals surface area contributed by atoms with E-state index in [1.165, 1.54) is 4.57 Å². The number of carbonyl (C=O) groups is 1. The molecule has 0 spiro atoms. The first-order valence-electron chi connectivity index (χ1n) is 5.07. The molecule has 80 valence electrons. The summed E-state index contributed by atoms with van der Waals surface area (Å²) in [7, 11) is 0. The van der Waals surface area contributed by atoms with E-state index in [4.69, 9.17) is 5.26 Å².